The van der Waals surface area contributed by atoms with Gasteiger partial charge in [-0.3, -0.25) is 9.78 Å². The van der Waals surface area contributed by atoms with Crippen LogP contribution in [0.2, 0.25) is 0 Å². The quantitative estimate of drug-likeness (QED) is 0.571. The Morgan fingerprint density at radius 1 is 1.07 bits per heavy atom. The second-order valence-corrected chi connectivity index (χ2v) is 6.08. The van der Waals surface area contributed by atoms with Gasteiger partial charge in [-0.15, -0.1) is 0 Å². The van der Waals surface area contributed by atoms with E-state index in [1.807, 2.05) is 18.2 Å². The Bertz CT molecular complexity index is 1270. The van der Waals surface area contributed by atoms with Gasteiger partial charge in [-0.1, -0.05) is 18.2 Å². The highest BCUT2D eigenvalue weighted by molar-refractivity contribution is 5.88. The van der Waals surface area contributed by atoms with Gasteiger partial charge in [-0.25, -0.2) is 5.10 Å². The molecule has 0 aliphatic heterocycles. The highest BCUT2D eigenvalue weighted by Gasteiger charge is 2.09. The van der Waals surface area contributed by atoms with Gasteiger partial charge in [0.2, 0.25) is 0 Å². The summed E-state index contributed by atoms with van der Waals surface area (Å²) in [6.45, 7) is 0.211. The minimum atomic E-state index is -0.262. The van der Waals surface area contributed by atoms with Gasteiger partial charge in [0.25, 0.3) is 5.56 Å². The molecule has 4 aromatic rings. The van der Waals surface area contributed by atoms with Crippen LogP contribution >= 0.6 is 0 Å². The number of para-hydroxylation sites is 1. The number of hydrogen-bond acceptors (Lipinski definition) is 6. The Balaban J connectivity index is 1.75. The molecule has 7 nitrogen and oxygen atoms in total. The number of H-pyrrole nitrogens is 1. The molecular weight excluding hydrogens is 354 g/mol. The molecular formula is C21H15N5O2. The summed E-state index contributed by atoms with van der Waals surface area (Å²) in [4.78, 5) is 16.2. The van der Waals surface area contributed by atoms with Crippen LogP contribution in [-0.2, 0) is 6.54 Å². The lowest BCUT2D eigenvalue weighted by atomic mass is 10.0. The van der Waals surface area contributed by atoms with E-state index in [4.69, 9.17) is 10.5 Å². The van der Waals surface area contributed by atoms with E-state index in [0.29, 0.717) is 33.5 Å². The number of nitrogens with zero attached hydrogens (tertiary/aromatic N) is 3. The van der Waals surface area contributed by atoms with Gasteiger partial charge in [-0.2, -0.15) is 10.4 Å². The first-order chi connectivity index (χ1) is 13.7. The van der Waals surface area contributed by atoms with Crippen molar-refractivity contribution in [3.63, 3.8) is 0 Å². The summed E-state index contributed by atoms with van der Waals surface area (Å²) in [6.07, 6.45) is 3.28. The monoisotopic (exact) mass is 369 g/mol. The molecule has 28 heavy (non-hydrogen) atoms. The molecule has 0 spiro atoms. The Morgan fingerprint density at radius 2 is 1.93 bits per heavy atom. The molecule has 0 aliphatic carbocycles. The zero-order chi connectivity index (χ0) is 19.5. The average molecular weight is 369 g/mol. The minimum Gasteiger partial charge on any atom is -0.454 e. The van der Waals surface area contributed by atoms with Crippen LogP contribution in [0.4, 0.5) is 0 Å². The van der Waals surface area contributed by atoms with Gasteiger partial charge in [0.15, 0.2) is 0 Å². The van der Waals surface area contributed by atoms with Crippen molar-refractivity contribution in [2.45, 2.75) is 6.54 Å². The van der Waals surface area contributed by atoms with Gasteiger partial charge in [0, 0.05) is 23.7 Å². The highest BCUT2D eigenvalue weighted by atomic mass is 16.5. The number of nitriles is 1. The number of nitrogens with two attached hydrogens (primary N) is 1. The molecule has 0 atom stereocenters. The molecule has 0 fully saturated rings. The van der Waals surface area contributed by atoms with Crippen LogP contribution in [-0.4, -0.2) is 15.2 Å². The van der Waals surface area contributed by atoms with Crippen LogP contribution in [0.5, 0.6) is 11.5 Å². The number of hydrogen-bond donors (Lipinski definition) is 2. The second-order valence-electron chi connectivity index (χ2n) is 6.08. The first-order valence-electron chi connectivity index (χ1n) is 8.53. The minimum absolute atomic E-state index is 0.211. The van der Waals surface area contributed by atoms with E-state index in [1.165, 1.54) is 0 Å². The van der Waals surface area contributed by atoms with Crippen molar-refractivity contribution in [3.05, 3.63) is 82.5 Å². The van der Waals surface area contributed by atoms with Crippen LogP contribution < -0.4 is 16.0 Å². The van der Waals surface area contributed by atoms with E-state index < -0.39 is 0 Å². The topological polar surface area (TPSA) is 118 Å². The zero-order valence-corrected chi connectivity index (χ0v) is 14.7. The van der Waals surface area contributed by atoms with Gasteiger partial charge >= 0.3 is 0 Å². The molecule has 3 N–H and O–H groups in total. The Kier molecular flexibility index (Phi) is 4.54. The third kappa shape index (κ3) is 3.20. The van der Waals surface area contributed by atoms with E-state index in [-0.39, 0.29) is 12.1 Å². The lowest BCUT2D eigenvalue weighted by molar-refractivity contribution is 0.479. The number of rotatable bonds is 4. The van der Waals surface area contributed by atoms with Crippen LogP contribution in [0, 0.1) is 11.3 Å². The molecule has 2 aromatic carbocycles. The van der Waals surface area contributed by atoms with Crippen molar-refractivity contribution in [2.24, 2.45) is 5.73 Å². The van der Waals surface area contributed by atoms with Gasteiger partial charge in [0.1, 0.15) is 17.6 Å². The maximum Gasteiger partial charge on any atom is 0.272 e. The Hall–Kier alpha value is -4.02. The van der Waals surface area contributed by atoms with Gasteiger partial charge in [-0.05, 0) is 35.9 Å². The predicted molar refractivity (Wildman–Crippen MR) is 105 cm³/mol. The van der Waals surface area contributed by atoms with Gasteiger partial charge < -0.3 is 10.5 Å². The molecule has 0 saturated heterocycles. The number of aromatic nitrogens is 3. The molecule has 0 bridgehead atoms. The fraction of sp³-hybridized carbons (Fsp3) is 0.0476. The number of pyridine rings is 1. The smallest absolute Gasteiger partial charge is 0.272 e. The van der Waals surface area contributed by atoms with E-state index in [1.54, 1.807) is 42.7 Å². The van der Waals surface area contributed by atoms with E-state index >= 15 is 0 Å². The largest absolute Gasteiger partial charge is 0.454 e. The standard InChI is InChI=1S/C21H15N5O2/c22-9-14-3-1-2-4-20(14)28-16-7-15(11-24-12-16)13-5-6-17-18(8-13)19(10-23)25-26-21(17)27/h1-8,11-12H,10,23H2,(H,26,27). The number of fused-ring (bicyclic) bond motifs is 1. The summed E-state index contributed by atoms with van der Waals surface area (Å²) in [5.41, 5.74) is 8.19. The molecule has 2 aromatic heterocycles. The van der Waals surface area contributed by atoms with Crippen LogP contribution in [0.15, 0.2) is 65.7 Å². The number of ether oxygens (including phenoxy) is 1. The number of nitrogens with one attached hydrogen (secondary N) is 1. The van der Waals surface area contributed by atoms with E-state index in [2.05, 4.69) is 21.3 Å². The Labute approximate surface area is 160 Å². The van der Waals surface area contributed by atoms with Crippen molar-refractivity contribution in [1.82, 2.24) is 15.2 Å². The lowest BCUT2D eigenvalue weighted by Crippen LogP contribution is -2.13. The fourth-order valence-electron chi connectivity index (χ4n) is 2.96. The molecule has 0 amide bonds. The Morgan fingerprint density at radius 3 is 2.75 bits per heavy atom. The summed E-state index contributed by atoms with van der Waals surface area (Å²) < 4.78 is 5.84. The molecule has 0 unspecified atom stereocenters. The van der Waals surface area contributed by atoms with E-state index in [0.717, 1.165) is 11.1 Å². The van der Waals surface area contributed by atoms with Gasteiger partial charge in [0.05, 0.1) is 22.8 Å². The third-order valence-corrected chi connectivity index (χ3v) is 4.34. The lowest BCUT2D eigenvalue weighted by Gasteiger charge is -2.09. The second kappa shape index (κ2) is 7.31. The SMILES string of the molecule is N#Cc1ccccc1Oc1cncc(-c2ccc3c(=O)[nH]nc(CN)c3c2)c1. The predicted octanol–water partition coefficient (Wildman–Crippen LogP) is 3.11. The summed E-state index contributed by atoms with van der Waals surface area (Å²) >= 11 is 0. The number of aromatic amines is 1. The highest BCUT2D eigenvalue weighted by Crippen LogP contribution is 2.29. The normalized spacial score (nSPS) is 10.6. The molecule has 0 saturated carbocycles. The number of benzene rings is 2. The molecule has 7 heteroatoms. The maximum atomic E-state index is 12.0. The molecule has 4 rings (SSSR count). The van der Waals surface area contributed by atoms with Crippen LogP contribution in [0.25, 0.3) is 21.9 Å². The molecule has 136 valence electrons. The van der Waals surface area contributed by atoms with Crippen molar-refractivity contribution >= 4 is 10.8 Å². The first-order valence-corrected chi connectivity index (χ1v) is 8.53. The fourth-order valence-corrected chi connectivity index (χ4v) is 2.96. The summed E-state index contributed by atoms with van der Waals surface area (Å²) in [5.74, 6) is 0.965. The third-order valence-electron chi connectivity index (χ3n) is 4.34. The summed E-state index contributed by atoms with van der Waals surface area (Å²) in [5, 5.41) is 16.9. The maximum absolute atomic E-state index is 12.0. The summed E-state index contributed by atoms with van der Waals surface area (Å²) in [6, 6.07) is 16.4. The van der Waals surface area contributed by atoms with Crippen molar-refractivity contribution < 1.29 is 4.74 Å². The molecule has 2 heterocycles. The summed E-state index contributed by atoms with van der Waals surface area (Å²) in [7, 11) is 0. The van der Waals surface area contributed by atoms with Crippen molar-refractivity contribution in [2.75, 3.05) is 0 Å². The van der Waals surface area contributed by atoms with Crippen molar-refractivity contribution in [3.8, 4) is 28.7 Å². The van der Waals surface area contributed by atoms with Crippen LogP contribution in [0.3, 0.4) is 0 Å². The molecule has 0 aliphatic rings. The van der Waals surface area contributed by atoms with Crippen LogP contribution in [0.1, 0.15) is 11.3 Å². The zero-order valence-electron chi connectivity index (χ0n) is 14.7. The first kappa shape index (κ1) is 17.4. The van der Waals surface area contributed by atoms with E-state index in [9.17, 15) is 10.1 Å². The average Bonchev–Trinajstić information content (AvgIpc) is 2.74. The molecule has 0 radical (unpaired) electrons. The van der Waals surface area contributed by atoms with Crippen molar-refractivity contribution in [1.29, 1.82) is 5.26 Å².